The van der Waals surface area contributed by atoms with Crippen LogP contribution in [0.5, 0.6) is 5.75 Å². The molecule has 0 saturated heterocycles. The summed E-state index contributed by atoms with van der Waals surface area (Å²) < 4.78 is 15.0. The summed E-state index contributed by atoms with van der Waals surface area (Å²) in [6.45, 7) is 5.42. The highest BCUT2D eigenvalue weighted by atomic mass is 16.6. The van der Waals surface area contributed by atoms with Crippen molar-refractivity contribution in [1.82, 2.24) is 0 Å². The van der Waals surface area contributed by atoms with Gasteiger partial charge in [0.05, 0.1) is 20.3 Å². The molecule has 0 aliphatic heterocycles. The molecule has 5 heteroatoms. The molecular formula is C16H20O5. The minimum atomic E-state index is -0.684. The zero-order valence-corrected chi connectivity index (χ0v) is 12.8. The van der Waals surface area contributed by atoms with Gasteiger partial charge < -0.3 is 14.2 Å². The predicted octanol–water partition coefficient (Wildman–Crippen LogP) is 2.59. The van der Waals surface area contributed by atoms with Gasteiger partial charge in [0.15, 0.2) is 0 Å². The van der Waals surface area contributed by atoms with E-state index in [9.17, 15) is 9.59 Å². The van der Waals surface area contributed by atoms with Gasteiger partial charge in [-0.05, 0) is 44.0 Å². The van der Waals surface area contributed by atoms with Gasteiger partial charge in [-0.25, -0.2) is 9.59 Å². The molecule has 0 bridgehead atoms. The molecule has 1 rings (SSSR count). The Morgan fingerprint density at radius 2 is 1.62 bits per heavy atom. The van der Waals surface area contributed by atoms with Gasteiger partial charge in [0.25, 0.3) is 0 Å². The van der Waals surface area contributed by atoms with E-state index in [4.69, 9.17) is 14.2 Å². The highest BCUT2D eigenvalue weighted by Crippen LogP contribution is 2.24. The molecule has 0 aromatic heterocycles. The number of ether oxygens (including phenoxy) is 3. The van der Waals surface area contributed by atoms with E-state index in [2.05, 4.69) is 0 Å². The van der Waals surface area contributed by atoms with Gasteiger partial charge in [-0.1, -0.05) is 12.1 Å². The number of methoxy groups -OCH3 is 1. The second kappa shape index (κ2) is 8.09. The summed E-state index contributed by atoms with van der Waals surface area (Å²) in [6, 6.07) is 7.10. The van der Waals surface area contributed by atoms with Crippen LogP contribution in [0.25, 0.3) is 5.57 Å². The summed E-state index contributed by atoms with van der Waals surface area (Å²) in [5.74, 6) is -0.730. The average Bonchev–Trinajstić information content (AvgIpc) is 2.48. The maximum absolute atomic E-state index is 12.0. The smallest absolute Gasteiger partial charge is 0.345 e. The number of hydrogen-bond donors (Lipinski definition) is 0. The van der Waals surface area contributed by atoms with E-state index < -0.39 is 11.9 Å². The predicted molar refractivity (Wildman–Crippen MR) is 78.9 cm³/mol. The van der Waals surface area contributed by atoms with E-state index in [1.54, 1.807) is 52.1 Å². The van der Waals surface area contributed by atoms with Crippen molar-refractivity contribution in [1.29, 1.82) is 0 Å². The number of esters is 2. The lowest BCUT2D eigenvalue weighted by molar-refractivity contribution is -0.146. The third kappa shape index (κ3) is 4.34. The lowest BCUT2D eigenvalue weighted by Crippen LogP contribution is -2.19. The maximum atomic E-state index is 12.0. The Bertz CT molecular complexity index is 525. The Morgan fingerprint density at radius 1 is 1.05 bits per heavy atom. The molecule has 0 aliphatic carbocycles. The van der Waals surface area contributed by atoms with Crippen LogP contribution >= 0.6 is 0 Å². The van der Waals surface area contributed by atoms with Crippen LogP contribution in [0.4, 0.5) is 0 Å². The number of carbonyl (C=O) groups is 2. The SMILES string of the molecule is CCOC(=O)C(C(=O)OCC)=C(C)c1cccc(OC)c1. The normalized spacial score (nSPS) is 9.71. The molecule has 0 heterocycles. The Balaban J connectivity index is 3.30. The van der Waals surface area contributed by atoms with Crippen molar-refractivity contribution in [3.8, 4) is 5.75 Å². The van der Waals surface area contributed by atoms with Crippen LogP contribution in [0.2, 0.25) is 0 Å². The molecule has 0 amide bonds. The summed E-state index contributed by atoms with van der Waals surface area (Å²) in [6.07, 6.45) is 0. The molecule has 5 nitrogen and oxygen atoms in total. The quantitative estimate of drug-likeness (QED) is 0.349. The number of hydrogen-bond acceptors (Lipinski definition) is 5. The van der Waals surface area contributed by atoms with Crippen LogP contribution in [-0.2, 0) is 19.1 Å². The monoisotopic (exact) mass is 292 g/mol. The average molecular weight is 292 g/mol. The summed E-state index contributed by atoms with van der Waals surface area (Å²) in [5, 5.41) is 0. The highest BCUT2D eigenvalue weighted by molar-refractivity contribution is 6.19. The number of carbonyl (C=O) groups excluding carboxylic acids is 2. The summed E-state index contributed by atoms with van der Waals surface area (Å²) in [7, 11) is 1.55. The molecular weight excluding hydrogens is 272 g/mol. The molecule has 0 atom stereocenters. The second-order valence-electron chi connectivity index (χ2n) is 4.17. The van der Waals surface area contributed by atoms with Crippen molar-refractivity contribution >= 4 is 17.5 Å². The van der Waals surface area contributed by atoms with E-state index in [0.717, 1.165) is 0 Å². The number of rotatable bonds is 6. The molecule has 21 heavy (non-hydrogen) atoms. The first-order valence-electron chi connectivity index (χ1n) is 6.74. The maximum Gasteiger partial charge on any atom is 0.345 e. The zero-order chi connectivity index (χ0) is 15.8. The second-order valence-corrected chi connectivity index (χ2v) is 4.17. The van der Waals surface area contributed by atoms with Gasteiger partial charge in [0.1, 0.15) is 11.3 Å². The van der Waals surface area contributed by atoms with Gasteiger partial charge in [-0.3, -0.25) is 0 Å². The van der Waals surface area contributed by atoms with Crippen LogP contribution in [0.1, 0.15) is 26.3 Å². The Morgan fingerprint density at radius 3 is 2.10 bits per heavy atom. The molecule has 114 valence electrons. The highest BCUT2D eigenvalue weighted by Gasteiger charge is 2.24. The molecule has 0 spiro atoms. The van der Waals surface area contributed by atoms with Gasteiger partial charge in [-0.2, -0.15) is 0 Å². The van der Waals surface area contributed by atoms with Crippen molar-refractivity contribution < 1.29 is 23.8 Å². The fourth-order valence-corrected chi connectivity index (χ4v) is 1.80. The van der Waals surface area contributed by atoms with Crippen molar-refractivity contribution in [3.63, 3.8) is 0 Å². The summed E-state index contributed by atoms with van der Waals surface area (Å²) in [4.78, 5) is 24.0. The lowest BCUT2D eigenvalue weighted by Gasteiger charge is -2.11. The Labute approximate surface area is 124 Å². The summed E-state index contributed by atoms with van der Waals surface area (Å²) >= 11 is 0. The van der Waals surface area contributed by atoms with Crippen molar-refractivity contribution in [2.75, 3.05) is 20.3 Å². The molecule has 0 fully saturated rings. The van der Waals surface area contributed by atoms with Crippen molar-refractivity contribution in [3.05, 3.63) is 35.4 Å². The van der Waals surface area contributed by atoms with E-state index in [0.29, 0.717) is 16.9 Å². The first-order valence-corrected chi connectivity index (χ1v) is 6.74. The standard InChI is InChI=1S/C16H20O5/c1-5-20-15(17)14(16(18)21-6-2)11(3)12-8-7-9-13(10-12)19-4/h7-10H,5-6H2,1-4H3. The van der Waals surface area contributed by atoms with E-state index in [1.165, 1.54) is 0 Å². The first kappa shape index (κ1) is 16.8. The van der Waals surface area contributed by atoms with Crippen LogP contribution in [-0.4, -0.2) is 32.3 Å². The third-order valence-corrected chi connectivity index (χ3v) is 2.84. The minimum Gasteiger partial charge on any atom is -0.497 e. The number of benzene rings is 1. The minimum absolute atomic E-state index is 0.0908. The third-order valence-electron chi connectivity index (χ3n) is 2.84. The van der Waals surface area contributed by atoms with Crippen LogP contribution in [0.15, 0.2) is 29.8 Å². The van der Waals surface area contributed by atoms with E-state index in [-0.39, 0.29) is 18.8 Å². The van der Waals surface area contributed by atoms with Gasteiger partial charge in [-0.15, -0.1) is 0 Å². The van der Waals surface area contributed by atoms with Crippen LogP contribution in [0, 0.1) is 0 Å². The van der Waals surface area contributed by atoms with Crippen molar-refractivity contribution in [2.45, 2.75) is 20.8 Å². The molecule has 0 unspecified atom stereocenters. The zero-order valence-electron chi connectivity index (χ0n) is 12.8. The van der Waals surface area contributed by atoms with Gasteiger partial charge in [0.2, 0.25) is 0 Å². The fraction of sp³-hybridized carbons (Fsp3) is 0.375. The fourth-order valence-electron chi connectivity index (χ4n) is 1.80. The van der Waals surface area contributed by atoms with E-state index >= 15 is 0 Å². The molecule has 0 N–H and O–H groups in total. The van der Waals surface area contributed by atoms with Crippen LogP contribution < -0.4 is 4.74 Å². The topological polar surface area (TPSA) is 61.8 Å². The van der Waals surface area contributed by atoms with Gasteiger partial charge >= 0.3 is 11.9 Å². The lowest BCUT2D eigenvalue weighted by atomic mass is 10.0. The molecule has 0 aliphatic rings. The summed E-state index contributed by atoms with van der Waals surface area (Å²) in [5.41, 5.74) is 1.10. The first-order chi connectivity index (χ1) is 10.0. The largest absolute Gasteiger partial charge is 0.497 e. The van der Waals surface area contributed by atoms with E-state index in [1.807, 2.05) is 0 Å². The molecule has 1 aromatic rings. The van der Waals surface area contributed by atoms with Crippen LogP contribution in [0.3, 0.4) is 0 Å². The Kier molecular flexibility index (Phi) is 6.46. The molecule has 0 saturated carbocycles. The van der Waals surface area contributed by atoms with Crippen molar-refractivity contribution in [2.24, 2.45) is 0 Å². The molecule has 1 aromatic carbocycles. The Hall–Kier alpha value is -2.30. The molecule has 0 radical (unpaired) electrons. The van der Waals surface area contributed by atoms with Gasteiger partial charge in [0, 0.05) is 0 Å². The number of allylic oxidation sites excluding steroid dienone is 1.